The van der Waals surface area contributed by atoms with Gasteiger partial charge in [-0.05, 0) is 11.6 Å². The molecule has 0 radical (unpaired) electrons. The number of rotatable bonds is 2. The SMILES string of the molecule is OCc1cnc(N2CC(O)C(O)C2)c(Cl)c1. The van der Waals surface area contributed by atoms with E-state index in [1.54, 1.807) is 11.0 Å². The topological polar surface area (TPSA) is 76.8 Å². The molecule has 1 aliphatic heterocycles. The first kappa shape index (κ1) is 11.6. The van der Waals surface area contributed by atoms with E-state index < -0.39 is 12.2 Å². The van der Waals surface area contributed by atoms with Crippen molar-refractivity contribution in [3.63, 3.8) is 0 Å². The van der Waals surface area contributed by atoms with Gasteiger partial charge in [-0.1, -0.05) is 11.6 Å². The van der Waals surface area contributed by atoms with Crippen molar-refractivity contribution in [2.75, 3.05) is 18.0 Å². The Morgan fingerprint density at radius 3 is 2.50 bits per heavy atom. The molecule has 0 spiro atoms. The van der Waals surface area contributed by atoms with E-state index in [-0.39, 0.29) is 6.61 Å². The highest BCUT2D eigenvalue weighted by molar-refractivity contribution is 6.33. The van der Waals surface area contributed by atoms with Gasteiger partial charge in [0.2, 0.25) is 0 Å². The quantitative estimate of drug-likeness (QED) is 0.670. The van der Waals surface area contributed by atoms with Gasteiger partial charge in [-0.25, -0.2) is 4.98 Å². The number of hydrogen-bond acceptors (Lipinski definition) is 5. The van der Waals surface area contributed by atoms with Gasteiger partial charge in [-0.3, -0.25) is 0 Å². The minimum absolute atomic E-state index is 0.113. The van der Waals surface area contributed by atoms with Crippen molar-refractivity contribution in [2.24, 2.45) is 0 Å². The normalized spacial score (nSPS) is 25.1. The molecule has 1 aromatic heterocycles. The van der Waals surface area contributed by atoms with Gasteiger partial charge >= 0.3 is 0 Å². The summed E-state index contributed by atoms with van der Waals surface area (Å²) in [5.74, 6) is 0.523. The van der Waals surface area contributed by atoms with E-state index in [0.717, 1.165) is 0 Å². The van der Waals surface area contributed by atoms with Crippen LogP contribution in [0.1, 0.15) is 5.56 Å². The third kappa shape index (κ3) is 2.12. The van der Waals surface area contributed by atoms with Gasteiger partial charge in [-0.2, -0.15) is 0 Å². The molecule has 0 aromatic carbocycles. The summed E-state index contributed by atoms with van der Waals surface area (Å²) in [7, 11) is 0. The Balaban J connectivity index is 2.22. The zero-order valence-electron chi connectivity index (χ0n) is 8.54. The lowest BCUT2D eigenvalue weighted by atomic mass is 10.3. The van der Waals surface area contributed by atoms with E-state index in [1.807, 2.05) is 0 Å². The van der Waals surface area contributed by atoms with Crippen molar-refractivity contribution in [1.82, 2.24) is 4.98 Å². The summed E-state index contributed by atoms with van der Waals surface area (Å²) in [4.78, 5) is 5.83. The van der Waals surface area contributed by atoms with Gasteiger partial charge < -0.3 is 20.2 Å². The Labute approximate surface area is 97.9 Å². The lowest BCUT2D eigenvalue weighted by Crippen LogP contribution is -2.22. The minimum atomic E-state index is -0.768. The summed E-state index contributed by atoms with van der Waals surface area (Å²) in [5.41, 5.74) is 0.633. The second kappa shape index (κ2) is 4.55. The number of aliphatic hydroxyl groups excluding tert-OH is 3. The number of β-amino-alcohol motifs (C(OH)–C–C–N with tert-alkyl or cyclic N) is 2. The molecule has 0 saturated carbocycles. The maximum atomic E-state index is 9.42. The van der Waals surface area contributed by atoms with Crippen molar-refractivity contribution in [3.8, 4) is 0 Å². The molecular formula is C10H13ClN2O3. The molecule has 2 atom stereocenters. The van der Waals surface area contributed by atoms with E-state index >= 15 is 0 Å². The number of aliphatic hydroxyl groups is 3. The van der Waals surface area contributed by atoms with Crippen LogP contribution in [0.2, 0.25) is 5.02 Å². The highest BCUT2D eigenvalue weighted by Gasteiger charge is 2.31. The molecule has 0 aliphatic carbocycles. The molecule has 2 heterocycles. The average molecular weight is 245 g/mol. The van der Waals surface area contributed by atoms with Crippen LogP contribution in [0.3, 0.4) is 0 Å². The van der Waals surface area contributed by atoms with E-state index in [4.69, 9.17) is 16.7 Å². The van der Waals surface area contributed by atoms with Crippen LogP contribution in [0.25, 0.3) is 0 Å². The third-order valence-corrected chi connectivity index (χ3v) is 2.90. The van der Waals surface area contributed by atoms with Crippen LogP contribution in [0.15, 0.2) is 12.3 Å². The van der Waals surface area contributed by atoms with Crippen molar-refractivity contribution in [1.29, 1.82) is 0 Å². The molecule has 5 nitrogen and oxygen atoms in total. The van der Waals surface area contributed by atoms with Crippen LogP contribution in [-0.2, 0) is 6.61 Å². The van der Waals surface area contributed by atoms with Crippen molar-refractivity contribution in [3.05, 3.63) is 22.8 Å². The molecule has 6 heteroatoms. The first-order valence-electron chi connectivity index (χ1n) is 4.98. The fraction of sp³-hybridized carbons (Fsp3) is 0.500. The van der Waals surface area contributed by atoms with E-state index in [1.165, 1.54) is 6.20 Å². The lowest BCUT2D eigenvalue weighted by Gasteiger charge is -2.17. The molecule has 2 unspecified atom stereocenters. The maximum absolute atomic E-state index is 9.42. The summed E-state index contributed by atoms with van der Waals surface area (Å²) in [5, 5.41) is 28.2. The second-order valence-corrected chi connectivity index (χ2v) is 4.25. The maximum Gasteiger partial charge on any atom is 0.147 e. The smallest absolute Gasteiger partial charge is 0.147 e. The number of nitrogens with zero attached hydrogens (tertiary/aromatic N) is 2. The Morgan fingerprint density at radius 2 is 2.00 bits per heavy atom. The number of pyridine rings is 1. The highest BCUT2D eigenvalue weighted by atomic mass is 35.5. The number of anilines is 1. The van der Waals surface area contributed by atoms with Gasteiger partial charge in [0.15, 0.2) is 0 Å². The molecule has 0 bridgehead atoms. The number of hydrogen-bond donors (Lipinski definition) is 3. The molecular weight excluding hydrogens is 232 g/mol. The summed E-state index contributed by atoms with van der Waals surface area (Å²) in [6, 6.07) is 1.63. The third-order valence-electron chi connectivity index (χ3n) is 2.62. The zero-order valence-corrected chi connectivity index (χ0v) is 9.30. The van der Waals surface area contributed by atoms with Crippen LogP contribution in [0.4, 0.5) is 5.82 Å². The summed E-state index contributed by atoms with van der Waals surface area (Å²) in [6.07, 6.45) is -0.0102. The van der Waals surface area contributed by atoms with Gasteiger partial charge in [-0.15, -0.1) is 0 Å². The molecule has 1 aromatic rings. The lowest BCUT2D eigenvalue weighted by molar-refractivity contribution is 0.0572. The first-order chi connectivity index (χ1) is 7.61. The van der Waals surface area contributed by atoms with Crippen LogP contribution in [-0.4, -0.2) is 45.6 Å². The molecule has 2 rings (SSSR count). The van der Waals surface area contributed by atoms with E-state index in [2.05, 4.69) is 4.98 Å². The van der Waals surface area contributed by atoms with Gasteiger partial charge in [0.1, 0.15) is 5.82 Å². The highest BCUT2D eigenvalue weighted by Crippen LogP contribution is 2.27. The van der Waals surface area contributed by atoms with Gasteiger partial charge in [0.25, 0.3) is 0 Å². The largest absolute Gasteiger partial charge is 0.392 e. The van der Waals surface area contributed by atoms with Crippen LogP contribution in [0, 0.1) is 0 Å². The summed E-state index contributed by atoms with van der Waals surface area (Å²) >= 11 is 6.01. The second-order valence-electron chi connectivity index (χ2n) is 3.85. The average Bonchev–Trinajstić information content (AvgIpc) is 2.58. The predicted molar refractivity (Wildman–Crippen MR) is 59.4 cm³/mol. The molecule has 1 saturated heterocycles. The van der Waals surface area contributed by atoms with Crippen molar-refractivity contribution < 1.29 is 15.3 Å². The van der Waals surface area contributed by atoms with Crippen LogP contribution in [0.5, 0.6) is 0 Å². The summed E-state index contributed by atoms with van der Waals surface area (Å²) < 4.78 is 0. The number of aromatic nitrogens is 1. The zero-order chi connectivity index (χ0) is 11.7. The van der Waals surface area contributed by atoms with Crippen LogP contribution < -0.4 is 4.90 Å². The number of halogens is 1. The predicted octanol–water partition coefficient (Wildman–Crippen LogP) is -0.231. The van der Waals surface area contributed by atoms with Crippen molar-refractivity contribution >= 4 is 17.4 Å². The Bertz CT molecular complexity index is 378. The Hall–Kier alpha value is -0.880. The first-order valence-corrected chi connectivity index (χ1v) is 5.36. The molecule has 16 heavy (non-hydrogen) atoms. The minimum Gasteiger partial charge on any atom is -0.392 e. The Morgan fingerprint density at radius 1 is 1.38 bits per heavy atom. The molecule has 1 aliphatic rings. The molecule has 1 fully saturated rings. The summed E-state index contributed by atoms with van der Waals surface area (Å²) in [6.45, 7) is 0.511. The van der Waals surface area contributed by atoms with Gasteiger partial charge in [0, 0.05) is 19.3 Å². The molecule has 0 amide bonds. The van der Waals surface area contributed by atoms with E-state index in [0.29, 0.717) is 29.5 Å². The standard InChI is InChI=1S/C10H13ClN2O3/c11-7-1-6(5-14)2-12-10(7)13-3-8(15)9(16)4-13/h1-2,8-9,14-16H,3-5H2. The molecule has 88 valence electrons. The molecule has 3 N–H and O–H groups in total. The fourth-order valence-electron chi connectivity index (χ4n) is 1.73. The van der Waals surface area contributed by atoms with Crippen LogP contribution >= 0.6 is 11.6 Å². The Kier molecular flexibility index (Phi) is 3.30. The fourth-order valence-corrected chi connectivity index (χ4v) is 2.04. The monoisotopic (exact) mass is 244 g/mol. The van der Waals surface area contributed by atoms with Gasteiger partial charge in [0.05, 0.1) is 23.8 Å². The van der Waals surface area contributed by atoms with Crippen molar-refractivity contribution in [2.45, 2.75) is 18.8 Å². The van der Waals surface area contributed by atoms with E-state index in [9.17, 15) is 10.2 Å².